The van der Waals surface area contributed by atoms with Crippen LogP contribution in [0.4, 0.5) is 5.13 Å². The van der Waals surface area contributed by atoms with Crippen molar-refractivity contribution < 1.29 is 14.3 Å². The molecule has 1 amide bonds. The van der Waals surface area contributed by atoms with Gasteiger partial charge in [0.05, 0.1) is 12.3 Å². The van der Waals surface area contributed by atoms with Crippen LogP contribution in [0.5, 0.6) is 11.5 Å². The lowest BCUT2D eigenvalue weighted by molar-refractivity contribution is -0.118. The molecular formula is C16H20N2O3S. The molecule has 0 aliphatic carbocycles. The monoisotopic (exact) mass is 320 g/mol. The average Bonchev–Trinajstić information content (AvgIpc) is 2.82. The van der Waals surface area contributed by atoms with Crippen LogP contribution < -0.4 is 14.8 Å². The van der Waals surface area contributed by atoms with Crippen molar-refractivity contribution in [1.29, 1.82) is 0 Å². The first kappa shape index (κ1) is 16.3. The zero-order valence-electron chi connectivity index (χ0n) is 13.0. The highest BCUT2D eigenvalue weighted by Gasteiger charge is 2.08. The first-order valence-electron chi connectivity index (χ1n) is 7.18. The third kappa shape index (κ3) is 4.73. The van der Waals surface area contributed by atoms with E-state index in [0.717, 1.165) is 22.7 Å². The highest BCUT2D eigenvalue weighted by molar-refractivity contribution is 7.15. The molecule has 0 aliphatic rings. The number of hydrogen-bond acceptors (Lipinski definition) is 5. The summed E-state index contributed by atoms with van der Waals surface area (Å²) in [7, 11) is 0. The van der Waals surface area contributed by atoms with Crippen LogP contribution in [0, 0.1) is 13.8 Å². The molecule has 0 radical (unpaired) electrons. The first-order valence-corrected chi connectivity index (χ1v) is 7.99. The quantitative estimate of drug-likeness (QED) is 0.847. The zero-order chi connectivity index (χ0) is 15.9. The van der Waals surface area contributed by atoms with Crippen LogP contribution in [-0.4, -0.2) is 24.1 Å². The number of thiazole rings is 1. The fraction of sp³-hybridized carbons (Fsp3) is 0.375. The summed E-state index contributed by atoms with van der Waals surface area (Å²) in [4.78, 5) is 17.2. The van der Waals surface area contributed by atoms with Gasteiger partial charge >= 0.3 is 0 Å². The van der Waals surface area contributed by atoms with Crippen molar-refractivity contribution in [3.8, 4) is 11.5 Å². The normalized spacial score (nSPS) is 10.3. The summed E-state index contributed by atoms with van der Waals surface area (Å²) in [5.74, 6) is 1.21. The number of rotatable bonds is 7. The number of amides is 1. The van der Waals surface area contributed by atoms with Crippen molar-refractivity contribution in [2.75, 3.05) is 18.5 Å². The second-order valence-corrected chi connectivity index (χ2v) is 6.02. The lowest BCUT2D eigenvalue weighted by atomic mass is 10.3. The Labute approximate surface area is 134 Å². The summed E-state index contributed by atoms with van der Waals surface area (Å²) in [5, 5.41) is 3.34. The molecule has 5 nitrogen and oxygen atoms in total. The van der Waals surface area contributed by atoms with E-state index in [-0.39, 0.29) is 12.5 Å². The van der Waals surface area contributed by atoms with Crippen molar-refractivity contribution in [2.45, 2.75) is 27.2 Å². The van der Waals surface area contributed by atoms with Gasteiger partial charge in [-0.3, -0.25) is 10.1 Å². The Morgan fingerprint density at radius 3 is 2.36 bits per heavy atom. The summed E-state index contributed by atoms with van der Waals surface area (Å²) in [6.45, 7) is 6.59. The van der Waals surface area contributed by atoms with E-state index in [1.54, 1.807) is 12.1 Å². The van der Waals surface area contributed by atoms with Gasteiger partial charge in [-0.15, -0.1) is 11.3 Å². The Kier molecular flexibility index (Phi) is 5.77. The van der Waals surface area contributed by atoms with E-state index < -0.39 is 0 Å². The molecule has 6 heteroatoms. The standard InChI is InChI=1S/C16H20N2O3S/c1-4-9-20-13-5-7-14(8-6-13)21-10-15(19)18-16-17-11(2)12(3)22-16/h5-8H,4,9-10H2,1-3H3,(H,17,18,19). The molecule has 0 bridgehead atoms. The molecule has 22 heavy (non-hydrogen) atoms. The number of nitrogens with zero attached hydrogens (tertiary/aromatic N) is 1. The predicted octanol–water partition coefficient (Wildman–Crippen LogP) is 3.57. The number of anilines is 1. The maximum Gasteiger partial charge on any atom is 0.264 e. The van der Waals surface area contributed by atoms with Crippen molar-refractivity contribution in [3.05, 3.63) is 34.8 Å². The van der Waals surface area contributed by atoms with Crippen LogP contribution in [0.15, 0.2) is 24.3 Å². The van der Waals surface area contributed by atoms with Gasteiger partial charge in [-0.25, -0.2) is 4.98 Å². The van der Waals surface area contributed by atoms with Gasteiger partial charge in [-0.2, -0.15) is 0 Å². The molecule has 0 fully saturated rings. The summed E-state index contributed by atoms with van der Waals surface area (Å²) in [6, 6.07) is 7.23. The molecule has 0 unspecified atom stereocenters. The van der Waals surface area contributed by atoms with Gasteiger partial charge in [-0.05, 0) is 44.5 Å². The number of benzene rings is 1. The second kappa shape index (κ2) is 7.79. The Morgan fingerprint density at radius 2 is 1.82 bits per heavy atom. The van der Waals surface area contributed by atoms with Crippen LogP contribution in [0.3, 0.4) is 0 Å². The highest BCUT2D eigenvalue weighted by Crippen LogP contribution is 2.21. The van der Waals surface area contributed by atoms with Gasteiger partial charge in [0.25, 0.3) is 5.91 Å². The SMILES string of the molecule is CCCOc1ccc(OCC(=O)Nc2nc(C)c(C)s2)cc1. The first-order chi connectivity index (χ1) is 10.6. The molecule has 0 atom stereocenters. The number of aromatic nitrogens is 1. The van der Waals surface area contributed by atoms with Crippen molar-refractivity contribution in [2.24, 2.45) is 0 Å². The number of nitrogens with one attached hydrogen (secondary N) is 1. The van der Waals surface area contributed by atoms with Gasteiger partial charge in [0.1, 0.15) is 11.5 Å². The van der Waals surface area contributed by atoms with Gasteiger partial charge in [-0.1, -0.05) is 6.92 Å². The van der Waals surface area contributed by atoms with Gasteiger partial charge in [0.2, 0.25) is 0 Å². The Morgan fingerprint density at radius 1 is 1.18 bits per heavy atom. The summed E-state index contributed by atoms with van der Waals surface area (Å²) in [6.07, 6.45) is 0.966. The van der Waals surface area contributed by atoms with Gasteiger partial charge in [0, 0.05) is 4.88 Å². The number of ether oxygens (including phenoxy) is 2. The van der Waals surface area contributed by atoms with Crippen molar-refractivity contribution in [1.82, 2.24) is 4.98 Å². The number of carbonyl (C=O) groups excluding carboxylic acids is 1. The fourth-order valence-electron chi connectivity index (χ4n) is 1.68. The summed E-state index contributed by atoms with van der Waals surface area (Å²) in [5.41, 5.74) is 0.934. The maximum absolute atomic E-state index is 11.8. The molecule has 2 aromatic rings. The van der Waals surface area contributed by atoms with Crippen LogP contribution in [0.2, 0.25) is 0 Å². The van der Waals surface area contributed by atoms with E-state index in [1.165, 1.54) is 11.3 Å². The van der Waals surface area contributed by atoms with Crippen LogP contribution in [-0.2, 0) is 4.79 Å². The van der Waals surface area contributed by atoms with E-state index in [1.807, 2.05) is 26.0 Å². The lowest BCUT2D eigenvalue weighted by Crippen LogP contribution is -2.20. The third-order valence-corrected chi connectivity index (χ3v) is 3.93. The Hall–Kier alpha value is -2.08. The number of hydrogen-bond donors (Lipinski definition) is 1. The van der Waals surface area contributed by atoms with E-state index >= 15 is 0 Å². The van der Waals surface area contributed by atoms with Gasteiger partial charge < -0.3 is 9.47 Å². The molecule has 0 saturated heterocycles. The lowest BCUT2D eigenvalue weighted by Gasteiger charge is -2.07. The molecule has 2 rings (SSSR count). The molecule has 0 spiro atoms. The zero-order valence-corrected chi connectivity index (χ0v) is 13.8. The van der Waals surface area contributed by atoms with E-state index in [9.17, 15) is 4.79 Å². The predicted molar refractivity (Wildman–Crippen MR) is 87.9 cm³/mol. The number of aryl methyl sites for hydroxylation is 2. The van der Waals surface area contributed by atoms with E-state index in [0.29, 0.717) is 17.5 Å². The van der Waals surface area contributed by atoms with E-state index in [4.69, 9.17) is 9.47 Å². The highest BCUT2D eigenvalue weighted by atomic mass is 32.1. The number of carbonyl (C=O) groups is 1. The van der Waals surface area contributed by atoms with E-state index in [2.05, 4.69) is 17.2 Å². The molecule has 118 valence electrons. The van der Waals surface area contributed by atoms with Crippen LogP contribution >= 0.6 is 11.3 Å². The Balaban J connectivity index is 1.80. The largest absolute Gasteiger partial charge is 0.494 e. The molecule has 0 aliphatic heterocycles. The minimum absolute atomic E-state index is 0.0488. The van der Waals surface area contributed by atoms with Crippen LogP contribution in [0.1, 0.15) is 23.9 Å². The minimum Gasteiger partial charge on any atom is -0.494 e. The van der Waals surface area contributed by atoms with Gasteiger partial charge in [0.15, 0.2) is 11.7 Å². The summed E-state index contributed by atoms with van der Waals surface area (Å²) >= 11 is 1.46. The smallest absolute Gasteiger partial charge is 0.264 e. The van der Waals surface area contributed by atoms with Crippen LogP contribution in [0.25, 0.3) is 0 Å². The third-order valence-electron chi connectivity index (χ3n) is 2.94. The van der Waals surface area contributed by atoms with Crippen molar-refractivity contribution >= 4 is 22.4 Å². The fourth-order valence-corrected chi connectivity index (χ4v) is 2.51. The topological polar surface area (TPSA) is 60.5 Å². The molecule has 1 aromatic heterocycles. The maximum atomic E-state index is 11.8. The molecule has 0 saturated carbocycles. The molecular weight excluding hydrogens is 300 g/mol. The second-order valence-electron chi connectivity index (χ2n) is 4.82. The molecule has 1 heterocycles. The Bertz CT molecular complexity index is 603. The summed E-state index contributed by atoms with van der Waals surface area (Å²) < 4.78 is 10.9. The molecule has 1 aromatic carbocycles. The average molecular weight is 320 g/mol. The minimum atomic E-state index is -0.222. The van der Waals surface area contributed by atoms with Crippen molar-refractivity contribution in [3.63, 3.8) is 0 Å². The molecule has 1 N–H and O–H groups in total.